The first kappa shape index (κ1) is 59.6. The second-order valence-electron chi connectivity index (χ2n) is 16.5. The maximum atomic E-state index is 11.0. The molecule has 0 heterocycles. The minimum absolute atomic E-state index is 0. The van der Waals surface area contributed by atoms with E-state index in [9.17, 15) is 9.59 Å². The number of benzene rings is 2. The minimum Gasteiger partial charge on any atom is -0.385 e. The number of anilines is 2. The molecule has 0 aliphatic heterocycles. The summed E-state index contributed by atoms with van der Waals surface area (Å²) in [6.45, 7) is 6.56. The monoisotopic (exact) mass is 901 g/mol. The van der Waals surface area contributed by atoms with Crippen LogP contribution in [0.2, 0.25) is 0 Å². The van der Waals surface area contributed by atoms with E-state index in [1.165, 1.54) is 212 Å². The fourth-order valence-electron chi connectivity index (χ4n) is 7.43. The molecule has 59 heavy (non-hydrogen) atoms. The van der Waals surface area contributed by atoms with Crippen LogP contribution in [-0.4, -0.2) is 23.6 Å². The van der Waals surface area contributed by atoms with E-state index in [0.29, 0.717) is 11.1 Å². The van der Waals surface area contributed by atoms with Gasteiger partial charge in [0.1, 0.15) is 0 Å². The Morgan fingerprint density at radius 3 is 0.712 bits per heavy atom. The molecule has 0 amide bonds. The van der Waals surface area contributed by atoms with E-state index in [-0.39, 0.29) is 24.8 Å². The van der Waals surface area contributed by atoms with Crippen molar-refractivity contribution in [2.75, 3.05) is 23.7 Å². The first-order valence-corrected chi connectivity index (χ1v) is 24.8. The van der Waals surface area contributed by atoms with Crippen molar-refractivity contribution in [2.24, 2.45) is 0 Å². The van der Waals surface area contributed by atoms with Crippen LogP contribution in [0.5, 0.6) is 0 Å². The minimum atomic E-state index is -0.399. The number of unbranched alkanes of at least 4 members (excludes halogenated alkanes) is 31. The first-order valence-electron chi connectivity index (χ1n) is 24.1. The number of rotatable bonds is 39. The number of hydrogen-bond donors (Lipinski definition) is 2. The lowest BCUT2D eigenvalue weighted by molar-refractivity contribution is 0.107. The van der Waals surface area contributed by atoms with Gasteiger partial charge in [0.25, 0.3) is 10.5 Å². The van der Waals surface area contributed by atoms with E-state index in [2.05, 4.69) is 24.5 Å². The number of nitrogens with one attached hydrogen (secondary N) is 2. The summed E-state index contributed by atoms with van der Waals surface area (Å²) in [6.07, 6.45) is 46.2. The molecule has 342 valence electrons. The summed E-state index contributed by atoms with van der Waals surface area (Å²) < 4.78 is 0. The Hall–Kier alpha value is -1.46. The average molecular weight is 903 g/mol. The third kappa shape index (κ3) is 39.2. The molecule has 0 fully saturated rings. The highest BCUT2D eigenvalue weighted by atomic mass is 35.5. The quantitative estimate of drug-likeness (QED) is 0.0518. The summed E-state index contributed by atoms with van der Waals surface area (Å²) in [5.41, 5.74) is 3.22. The van der Waals surface area contributed by atoms with Gasteiger partial charge in [0, 0.05) is 35.6 Å². The molecule has 2 aromatic carbocycles. The van der Waals surface area contributed by atoms with Gasteiger partial charge in [0.05, 0.1) is 0 Å². The number of halogens is 4. The van der Waals surface area contributed by atoms with E-state index >= 15 is 0 Å². The van der Waals surface area contributed by atoms with E-state index in [4.69, 9.17) is 23.2 Å². The van der Waals surface area contributed by atoms with Gasteiger partial charge in [-0.15, -0.1) is 24.8 Å². The lowest BCUT2D eigenvalue weighted by atomic mass is 10.0. The maximum absolute atomic E-state index is 11.0. The standard InChI is InChI=1S/C26H44ClNO.C25H42ClNO.2ClH/c1-2-3-4-5-6-7-8-9-10-11-12-13-14-15-16-17-18-23-28-25-21-19-24(20-22-25)26(27)29;1-2-3-4-5-6-7-8-9-10-11-12-13-14-15-16-17-22-27-24-20-18-23(19-21-24)25(26)28;;/h19-22,28H,2-18,23H2,1H3;18-21,27H,2-17,22H2,1H3;2*1H. The zero-order chi connectivity index (χ0) is 41.3. The van der Waals surface area contributed by atoms with Crippen molar-refractivity contribution in [1.29, 1.82) is 0 Å². The maximum Gasteiger partial charge on any atom is 0.252 e. The molecule has 0 aromatic heterocycles. The molecule has 8 heteroatoms. The highest BCUT2D eigenvalue weighted by Crippen LogP contribution is 2.17. The van der Waals surface area contributed by atoms with Gasteiger partial charge in [-0.1, -0.05) is 213 Å². The molecule has 0 bridgehead atoms. The van der Waals surface area contributed by atoms with Crippen LogP contribution >= 0.6 is 48.0 Å². The van der Waals surface area contributed by atoms with Crippen LogP contribution in [0.25, 0.3) is 0 Å². The Morgan fingerprint density at radius 1 is 0.339 bits per heavy atom. The van der Waals surface area contributed by atoms with Gasteiger partial charge in [0.15, 0.2) is 0 Å². The van der Waals surface area contributed by atoms with Crippen molar-refractivity contribution in [2.45, 2.75) is 226 Å². The van der Waals surface area contributed by atoms with Crippen LogP contribution < -0.4 is 10.6 Å². The normalized spacial score (nSPS) is 10.6. The largest absolute Gasteiger partial charge is 0.385 e. The van der Waals surface area contributed by atoms with Crippen LogP contribution in [0, 0.1) is 0 Å². The third-order valence-corrected chi connectivity index (χ3v) is 11.6. The molecule has 0 aliphatic rings. The van der Waals surface area contributed by atoms with Gasteiger partial charge in [-0.3, -0.25) is 9.59 Å². The predicted molar refractivity (Wildman–Crippen MR) is 268 cm³/mol. The van der Waals surface area contributed by atoms with E-state index < -0.39 is 10.5 Å². The lowest BCUT2D eigenvalue weighted by Gasteiger charge is -2.07. The van der Waals surface area contributed by atoms with E-state index in [0.717, 1.165) is 24.5 Å². The van der Waals surface area contributed by atoms with Gasteiger partial charge in [-0.05, 0) is 84.6 Å². The highest BCUT2D eigenvalue weighted by Gasteiger charge is 2.02. The van der Waals surface area contributed by atoms with Gasteiger partial charge in [-0.2, -0.15) is 0 Å². The second-order valence-corrected chi connectivity index (χ2v) is 17.2. The zero-order valence-corrected chi connectivity index (χ0v) is 40.9. The Bertz CT molecular complexity index is 1180. The summed E-state index contributed by atoms with van der Waals surface area (Å²) in [7, 11) is 0. The van der Waals surface area contributed by atoms with Crippen molar-refractivity contribution in [3.8, 4) is 0 Å². The molecule has 2 aromatic rings. The summed E-state index contributed by atoms with van der Waals surface area (Å²) in [4.78, 5) is 22.1. The summed E-state index contributed by atoms with van der Waals surface area (Å²) in [6, 6.07) is 14.8. The molecular weight excluding hydrogens is 814 g/mol. The number of carbonyl (C=O) groups excluding carboxylic acids is 2. The van der Waals surface area contributed by atoms with Gasteiger partial charge in [-0.25, -0.2) is 0 Å². The molecule has 0 unspecified atom stereocenters. The molecule has 2 N–H and O–H groups in total. The van der Waals surface area contributed by atoms with Crippen molar-refractivity contribution in [3.05, 3.63) is 59.7 Å². The second kappa shape index (κ2) is 46.1. The predicted octanol–water partition coefficient (Wildman–Crippen LogP) is 18.7. The average Bonchev–Trinajstić information content (AvgIpc) is 3.22. The van der Waals surface area contributed by atoms with Crippen LogP contribution in [0.3, 0.4) is 0 Å². The first-order chi connectivity index (χ1) is 28.0. The van der Waals surface area contributed by atoms with Gasteiger partial charge < -0.3 is 10.6 Å². The molecule has 0 saturated carbocycles. The molecule has 0 radical (unpaired) electrons. The number of hydrogen-bond acceptors (Lipinski definition) is 4. The van der Waals surface area contributed by atoms with Crippen molar-refractivity contribution >= 4 is 69.9 Å². The smallest absolute Gasteiger partial charge is 0.252 e. The van der Waals surface area contributed by atoms with Crippen LogP contribution in [0.4, 0.5) is 11.4 Å². The van der Waals surface area contributed by atoms with Crippen LogP contribution in [-0.2, 0) is 0 Å². The fourth-order valence-corrected chi connectivity index (χ4v) is 7.68. The van der Waals surface area contributed by atoms with E-state index in [1.807, 2.05) is 24.3 Å². The topological polar surface area (TPSA) is 58.2 Å². The van der Waals surface area contributed by atoms with E-state index in [1.54, 1.807) is 24.3 Å². The van der Waals surface area contributed by atoms with Crippen LogP contribution in [0.1, 0.15) is 246 Å². The zero-order valence-electron chi connectivity index (χ0n) is 37.8. The Balaban J connectivity index is 0. The molecule has 0 saturated heterocycles. The molecule has 4 nitrogen and oxygen atoms in total. The van der Waals surface area contributed by atoms with Gasteiger partial charge in [0.2, 0.25) is 0 Å². The SMILES string of the molecule is CCCCCCCCCCCCCCCCCCCNc1ccc(C(=O)Cl)cc1.CCCCCCCCCCCCCCCCCCNc1ccc(C(=O)Cl)cc1.Cl.Cl. The van der Waals surface area contributed by atoms with Gasteiger partial charge >= 0.3 is 0 Å². The molecule has 0 atom stereocenters. The Labute approximate surface area is 386 Å². The molecular formula is C51H88Cl4N2O2. The molecule has 2 rings (SSSR count). The van der Waals surface area contributed by atoms with Crippen LogP contribution in [0.15, 0.2) is 48.5 Å². The summed E-state index contributed by atoms with van der Waals surface area (Å²) in [5, 5.41) is 6.02. The fraction of sp³-hybridized carbons (Fsp3) is 0.725. The Morgan fingerprint density at radius 2 is 0.525 bits per heavy atom. The third-order valence-electron chi connectivity index (χ3n) is 11.2. The molecule has 0 aliphatic carbocycles. The highest BCUT2D eigenvalue weighted by molar-refractivity contribution is 6.68. The summed E-state index contributed by atoms with van der Waals surface area (Å²) >= 11 is 10.9. The Kier molecular flexibility index (Phi) is 46.5. The molecule has 0 spiro atoms. The van der Waals surface area contributed by atoms with Crippen molar-refractivity contribution in [3.63, 3.8) is 0 Å². The van der Waals surface area contributed by atoms with Crippen molar-refractivity contribution < 1.29 is 9.59 Å². The lowest BCUT2D eigenvalue weighted by Crippen LogP contribution is -2.01. The summed E-state index contributed by atoms with van der Waals surface area (Å²) in [5.74, 6) is 0. The number of carbonyl (C=O) groups is 2. The van der Waals surface area contributed by atoms with Crippen molar-refractivity contribution in [1.82, 2.24) is 0 Å².